The molecule has 0 unspecified atom stereocenters. The fourth-order valence-electron chi connectivity index (χ4n) is 2.53. The first kappa shape index (κ1) is 13.1. The maximum absolute atomic E-state index is 11.3. The number of ether oxygens (including phenoxy) is 1. The molecular weight excluding hydrogens is 256 g/mol. The lowest BCUT2D eigenvalue weighted by Gasteiger charge is -2.08. The molecule has 1 aromatic carbocycles. The van der Waals surface area contributed by atoms with Crippen LogP contribution in [0.3, 0.4) is 0 Å². The minimum atomic E-state index is -0.924. The van der Waals surface area contributed by atoms with E-state index in [-0.39, 0.29) is 5.56 Å². The molecule has 106 valence electrons. The van der Waals surface area contributed by atoms with Crippen LogP contribution in [0.2, 0.25) is 0 Å². The Bertz CT molecular complexity index is 644. The van der Waals surface area contributed by atoms with Crippen molar-refractivity contribution in [3.05, 3.63) is 29.6 Å². The van der Waals surface area contributed by atoms with Crippen LogP contribution >= 0.6 is 0 Å². The predicted octanol–water partition coefficient (Wildman–Crippen LogP) is 2.65. The Labute approximate surface area is 117 Å². The smallest absolute Gasteiger partial charge is 0.337 e. The van der Waals surface area contributed by atoms with Crippen molar-refractivity contribution in [1.29, 1.82) is 0 Å². The SMILES string of the molecule is CCOCCn1c(C2CC2)nc2c(C(=O)O)cccc21. The largest absolute Gasteiger partial charge is 0.478 e. The molecule has 1 aromatic heterocycles. The summed E-state index contributed by atoms with van der Waals surface area (Å²) in [4.78, 5) is 15.9. The van der Waals surface area contributed by atoms with Crippen molar-refractivity contribution in [2.45, 2.75) is 32.2 Å². The van der Waals surface area contributed by atoms with Gasteiger partial charge in [-0.1, -0.05) is 6.07 Å². The summed E-state index contributed by atoms with van der Waals surface area (Å²) in [5.74, 6) is 0.562. The first-order valence-electron chi connectivity index (χ1n) is 7.02. The second-order valence-corrected chi connectivity index (χ2v) is 5.07. The van der Waals surface area contributed by atoms with E-state index in [0.29, 0.717) is 24.6 Å². The van der Waals surface area contributed by atoms with Gasteiger partial charge in [-0.3, -0.25) is 0 Å². The lowest BCUT2D eigenvalue weighted by Crippen LogP contribution is -2.09. The van der Waals surface area contributed by atoms with Crippen molar-refractivity contribution >= 4 is 17.0 Å². The number of aromatic carboxylic acids is 1. The van der Waals surface area contributed by atoms with Gasteiger partial charge in [0.2, 0.25) is 0 Å². The topological polar surface area (TPSA) is 64.4 Å². The van der Waals surface area contributed by atoms with E-state index in [4.69, 9.17) is 4.74 Å². The van der Waals surface area contributed by atoms with Crippen LogP contribution in [0.5, 0.6) is 0 Å². The van der Waals surface area contributed by atoms with Gasteiger partial charge in [-0.2, -0.15) is 0 Å². The molecule has 0 aliphatic heterocycles. The number of carboxylic acid groups (broad SMARTS) is 1. The zero-order valence-electron chi connectivity index (χ0n) is 11.5. The highest BCUT2D eigenvalue weighted by molar-refractivity contribution is 6.01. The normalized spacial score (nSPS) is 14.8. The maximum Gasteiger partial charge on any atom is 0.337 e. The molecule has 0 radical (unpaired) electrons. The number of para-hydroxylation sites is 1. The summed E-state index contributed by atoms with van der Waals surface area (Å²) in [5, 5.41) is 9.28. The number of hydrogen-bond donors (Lipinski definition) is 1. The molecule has 1 aliphatic rings. The summed E-state index contributed by atoms with van der Waals surface area (Å²) in [6, 6.07) is 5.33. The van der Waals surface area contributed by atoms with E-state index in [1.165, 1.54) is 0 Å². The highest BCUT2D eigenvalue weighted by atomic mass is 16.5. The predicted molar refractivity (Wildman–Crippen MR) is 75.2 cm³/mol. The summed E-state index contributed by atoms with van der Waals surface area (Å²) in [6.45, 7) is 4.00. The number of rotatable bonds is 6. The van der Waals surface area contributed by atoms with E-state index < -0.39 is 5.97 Å². The standard InChI is InChI=1S/C15H18N2O3/c1-2-20-9-8-17-12-5-3-4-11(15(18)19)13(12)16-14(17)10-6-7-10/h3-5,10H,2,6-9H2,1H3,(H,18,19). The third kappa shape index (κ3) is 2.29. The van der Waals surface area contributed by atoms with Crippen LogP contribution < -0.4 is 0 Å². The summed E-state index contributed by atoms with van der Waals surface area (Å²) in [5.41, 5.74) is 1.77. The van der Waals surface area contributed by atoms with Crippen LogP contribution in [0.15, 0.2) is 18.2 Å². The van der Waals surface area contributed by atoms with Crippen LogP contribution in [0.1, 0.15) is 41.9 Å². The minimum Gasteiger partial charge on any atom is -0.478 e. The van der Waals surface area contributed by atoms with Gasteiger partial charge >= 0.3 is 5.97 Å². The first-order chi connectivity index (χ1) is 9.72. The van der Waals surface area contributed by atoms with Gasteiger partial charge < -0.3 is 14.4 Å². The maximum atomic E-state index is 11.3. The second kappa shape index (κ2) is 5.25. The molecule has 20 heavy (non-hydrogen) atoms. The van der Waals surface area contributed by atoms with Crippen molar-refractivity contribution in [2.24, 2.45) is 0 Å². The van der Waals surface area contributed by atoms with E-state index in [1.807, 2.05) is 13.0 Å². The molecule has 1 saturated carbocycles. The van der Waals surface area contributed by atoms with Crippen LogP contribution in [0.25, 0.3) is 11.0 Å². The minimum absolute atomic E-state index is 0.277. The van der Waals surface area contributed by atoms with Gasteiger partial charge in [0.15, 0.2) is 0 Å². The molecular formula is C15H18N2O3. The number of hydrogen-bond acceptors (Lipinski definition) is 3. The highest BCUT2D eigenvalue weighted by Crippen LogP contribution is 2.41. The monoisotopic (exact) mass is 274 g/mol. The average Bonchev–Trinajstić information content (AvgIpc) is 3.21. The molecule has 5 heteroatoms. The molecule has 1 N–H and O–H groups in total. The van der Waals surface area contributed by atoms with E-state index >= 15 is 0 Å². The van der Waals surface area contributed by atoms with Crippen molar-refractivity contribution in [3.63, 3.8) is 0 Å². The molecule has 1 heterocycles. The second-order valence-electron chi connectivity index (χ2n) is 5.07. The fraction of sp³-hybridized carbons (Fsp3) is 0.467. The van der Waals surface area contributed by atoms with Gasteiger partial charge in [0, 0.05) is 19.1 Å². The Kier molecular flexibility index (Phi) is 3.44. The number of nitrogens with zero attached hydrogens (tertiary/aromatic N) is 2. The van der Waals surface area contributed by atoms with Crippen molar-refractivity contribution in [2.75, 3.05) is 13.2 Å². The zero-order chi connectivity index (χ0) is 14.1. The Morgan fingerprint density at radius 1 is 1.50 bits per heavy atom. The summed E-state index contributed by atoms with van der Waals surface area (Å²) < 4.78 is 7.54. The van der Waals surface area contributed by atoms with E-state index in [1.54, 1.807) is 12.1 Å². The van der Waals surface area contributed by atoms with Crippen molar-refractivity contribution < 1.29 is 14.6 Å². The van der Waals surface area contributed by atoms with Gasteiger partial charge in [0.05, 0.1) is 17.7 Å². The Balaban J connectivity index is 2.07. The molecule has 0 spiro atoms. The lowest BCUT2D eigenvalue weighted by molar-refractivity contribution is 0.0699. The first-order valence-corrected chi connectivity index (χ1v) is 7.02. The number of imidazole rings is 1. The van der Waals surface area contributed by atoms with E-state index in [9.17, 15) is 9.90 Å². The van der Waals surface area contributed by atoms with Gasteiger partial charge in [0.1, 0.15) is 11.3 Å². The van der Waals surface area contributed by atoms with Crippen molar-refractivity contribution in [1.82, 2.24) is 9.55 Å². The highest BCUT2D eigenvalue weighted by Gasteiger charge is 2.30. The fourth-order valence-corrected chi connectivity index (χ4v) is 2.53. The Morgan fingerprint density at radius 3 is 2.95 bits per heavy atom. The quantitative estimate of drug-likeness (QED) is 0.822. The van der Waals surface area contributed by atoms with Crippen LogP contribution in [-0.4, -0.2) is 33.8 Å². The molecule has 5 nitrogen and oxygen atoms in total. The number of aromatic nitrogens is 2. The van der Waals surface area contributed by atoms with E-state index in [2.05, 4.69) is 9.55 Å². The van der Waals surface area contributed by atoms with Gasteiger partial charge in [-0.05, 0) is 31.9 Å². The van der Waals surface area contributed by atoms with Gasteiger partial charge in [0.25, 0.3) is 0 Å². The molecule has 0 amide bonds. The molecule has 0 bridgehead atoms. The van der Waals surface area contributed by atoms with Crippen molar-refractivity contribution in [3.8, 4) is 0 Å². The molecule has 1 aliphatic carbocycles. The third-order valence-corrected chi connectivity index (χ3v) is 3.64. The van der Waals surface area contributed by atoms with Crippen LogP contribution in [0, 0.1) is 0 Å². The number of fused-ring (bicyclic) bond motifs is 1. The summed E-state index contributed by atoms with van der Waals surface area (Å²) in [6.07, 6.45) is 2.28. The molecule has 2 aromatic rings. The van der Waals surface area contributed by atoms with Gasteiger partial charge in [-0.15, -0.1) is 0 Å². The van der Waals surface area contributed by atoms with Crippen LogP contribution in [0.4, 0.5) is 0 Å². The number of carboxylic acids is 1. The molecule has 1 fully saturated rings. The number of carbonyl (C=O) groups is 1. The summed E-state index contributed by atoms with van der Waals surface area (Å²) >= 11 is 0. The van der Waals surface area contributed by atoms with E-state index in [0.717, 1.165) is 30.7 Å². The van der Waals surface area contributed by atoms with Gasteiger partial charge in [-0.25, -0.2) is 9.78 Å². The van der Waals surface area contributed by atoms with Crippen LogP contribution in [-0.2, 0) is 11.3 Å². The molecule has 0 atom stereocenters. The summed E-state index contributed by atoms with van der Waals surface area (Å²) in [7, 11) is 0. The number of benzene rings is 1. The molecule has 3 rings (SSSR count). The average molecular weight is 274 g/mol. The zero-order valence-corrected chi connectivity index (χ0v) is 11.5. The Morgan fingerprint density at radius 2 is 2.30 bits per heavy atom. The Hall–Kier alpha value is -1.88. The third-order valence-electron chi connectivity index (χ3n) is 3.64. The lowest BCUT2D eigenvalue weighted by atomic mass is 10.2. The molecule has 0 saturated heterocycles.